The zero-order chi connectivity index (χ0) is 17.2. The van der Waals surface area contributed by atoms with Crippen LogP contribution in [0.25, 0.3) is 16.3 Å². The number of amides is 1. The maximum Gasteiger partial charge on any atom is 0.248 e. The van der Waals surface area contributed by atoms with Crippen molar-refractivity contribution in [2.75, 3.05) is 18.4 Å². The third-order valence-corrected chi connectivity index (χ3v) is 5.64. The van der Waals surface area contributed by atoms with E-state index in [1.54, 1.807) is 29.2 Å². The molecule has 7 heteroatoms. The summed E-state index contributed by atoms with van der Waals surface area (Å²) in [4.78, 5) is 16.6. The first-order valence-electron chi connectivity index (χ1n) is 7.54. The number of rotatable bonds is 4. The van der Waals surface area contributed by atoms with E-state index in [0.717, 1.165) is 31.6 Å². The predicted molar refractivity (Wildman–Crippen MR) is 102 cm³/mol. The van der Waals surface area contributed by atoms with Crippen LogP contribution in [0.2, 0.25) is 0 Å². The number of hydrogen-bond donors (Lipinski definition) is 1. The quantitative estimate of drug-likeness (QED) is 0.545. The van der Waals surface area contributed by atoms with Crippen molar-refractivity contribution >= 4 is 51.0 Å². The van der Waals surface area contributed by atoms with Gasteiger partial charge in [-0.05, 0) is 48.2 Å². The molecule has 0 unspecified atom stereocenters. The number of nitrogens with zero attached hydrogens (tertiary/aromatic N) is 1. The van der Waals surface area contributed by atoms with Gasteiger partial charge in [-0.2, -0.15) is 0 Å². The van der Waals surface area contributed by atoms with Crippen LogP contribution in [-0.2, 0) is 4.79 Å². The fourth-order valence-corrected chi connectivity index (χ4v) is 3.97. The van der Waals surface area contributed by atoms with Gasteiger partial charge in [-0.1, -0.05) is 17.8 Å². The smallest absolute Gasteiger partial charge is 0.248 e. The number of hydrogen-bond acceptors (Lipinski definition) is 6. The molecule has 1 aliphatic rings. The molecule has 0 aliphatic carbocycles. The molecule has 1 amide bonds. The van der Waals surface area contributed by atoms with Gasteiger partial charge in [0.05, 0.1) is 10.2 Å². The molecule has 0 saturated carbocycles. The van der Waals surface area contributed by atoms with Crippen molar-refractivity contribution in [1.82, 2.24) is 4.98 Å². The maximum absolute atomic E-state index is 12.1. The van der Waals surface area contributed by atoms with Gasteiger partial charge >= 0.3 is 0 Å². The fourth-order valence-electron chi connectivity index (χ4n) is 2.44. The van der Waals surface area contributed by atoms with Crippen LogP contribution in [0, 0.1) is 0 Å². The average Bonchev–Trinajstić information content (AvgIpc) is 3.25. The van der Waals surface area contributed by atoms with Gasteiger partial charge in [0.2, 0.25) is 12.7 Å². The number of thiazole rings is 1. The predicted octanol–water partition coefficient (Wildman–Crippen LogP) is 4.40. The topological polar surface area (TPSA) is 60.5 Å². The SMILES string of the molecule is CSc1nc2ccc(NC(=O)C=Cc3ccc4c(c3)OCO4)cc2s1. The van der Waals surface area contributed by atoms with Gasteiger partial charge in [0.1, 0.15) is 0 Å². The van der Waals surface area contributed by atoms with Crippen LogP contribution in [0.15, 0.2) is 46.8 Å². The van der Waals surface area contributed by atoms with Gasteiger partial charge in [-0.25, -0.2) is 4.98 Å². The van der Waals surface area contributed by atoms with Gasteiger partial charge in [0.15, 0.2) is 15.8 Å². The molecule has 126 valence electrons. The average molecular weight is 370 g/mol. The second-order valence-electron chi connectivity index (χ2n) is 5.30. The summed E-state index contributed by atoms with van der Waals surface area (Å²) in [5.41, 5.74) is 2.58. The molecule has 0 radical (unpaired) electrons. The summed E-state index contributed by atoms with van der Waals surface area (Å²) in [6.07, 6.45) is 5.25. The van der Waals surface area contributed by atoms with Crippen LogP contribution < -0.4 is 14.8 Å². The van der Waals surface area contributed by atoms with Crippen LogP contribution >= 0.6 is 23.1 Å². The molecular formula is C18H14N2O3S2. The largest absolute Gasteiger partial charge is 0.454 e. The highest BCUT2D eigenvalue weighted by molar-refractivity contribution is 8.00. The second kappa shape index (κ2) is 6.78. The normalized spacial score (nSPS) is 12.8. The summed E-state index contributed by atoms with van der Waals surface area (Å²) < 4.78 is 12.7. The zero-order valence-electron chi connectivity index (χ0n) is 13.3. The Hall–Kier alpha value is -2.51. The van der Waals surface area contributed by atoms with E-state index in [4.69, 9.17) is 9.47 Å². The summed E-state index contributed by atoms with van der Waals surface area (Å²) >= 11 is 3.24. The van der Waals surface area contributed by atoms with Crippen molar-refractivity contribution in [3.63, 3.8) is 0 Å². The molecule has 0 spiro atoms. The molecule has 3 aromatic rings. The molecule has 1 aromatic heterocycles. The van der Waals surface area contributed by atoms with Crippen molar-refractivity contribution in [2.24, 2.45) is 0 Å². The summed E-state index contributed by atoms with van der Waals surface area (Å²) in [6, 6.07) is 11.3. The van der Waals surface area contributed by atoms with Crippen LogP contribution in [0.3, 0.4) is 0 Å². The minimum atomic E-state index is -0.188. The van der Waals surface area contributed by atoms with E-state index in [2.05, 4.69) is 10.3 Å². The molecule has 5 nitrogen and oxygen atoms in total. The highest BCUT2D eigenvalue weighted by atomic mass is 32.2. The van der Waals surface area contributed by atoms with E-state index in [1.807, 2.05) is 42.7 Å². The summed E-state index contributed by atoms with van der Waals surface area (Å²) in [5, 5.41) is 2.87. The Balaban J connectivity index is 1.46. The van der Waals surface area contributed by atoms with E-state index < -0.39 is 0 Å². The summed E-state index contributed by atoms with van der Waals surface area (Å²) in [7, 11) is 0. The third-order valence-electron chi connectivity index (χ3n) is 3.63. The first kappa shape index (κ1) is 16.0. The van der Waals surface area contributed by atoms with Crippen molar-refractivity contribution in [3.8, 4) is 11.5 Å². The van der Waals surface area contributed by atoms with Crippen molar-refractivity contribution in [2.45, 2.75) is 4.34 Å². The zero-order valence-corrected chi connectivity index (χ0v) is 14.9. The lowest BCUT2D eigenvalue weighted by Gasteiger charge is -2.02. The first-order valence-corrected chi connectivity index (χ1v) is 9.59. The van der Waals surface area contributed by atoms with E-state index in [-0.39, 0.29) is 12.7 Å². The maximum atomic E-state index is 12.1. The van der Waals surface area contributed by atoms with Gasteiger partial charge < -0.3 is 14.8 Å². The molecule has 25 heavy (non-hydrogen) atoms. The number of nitrogens with one attached hydrogen (secondary N) is 1. The molecule has 2 heterocycles. The second-order valence-corrected chi connectivity index (χ2v) is 7.39. The first-order chi connectivity index (χ1) is 12.2. The number of anilines is 1. The standard InChI is InChI=1S/C18H14N2O3S2/c1-24-18-20-13-5-4-12(9-16(13)25-18)19-17(21)7-3-11-2-6-14-15(8-11)23-10-22-14/h2-9H,10H2,1H3,(H,19,21). The van der Waals surface area contributed by atoms with E-state index >= 15 is 0 Å². The molecule has 2 aromatic carbocycles. The number of ether oxygens (including phenoxy) is 2. The van der Waals surface area contributed by atoms with Crippen molar-refractivity contribution in [3.05, 3.63) is 48.0 Å². The van der Waals surface area contributed by atoms with E-state index in [1.165, 1.54) is 6.08 Å². The number of thioether (sulfide) groups is 1. The number of carbonyl (C=O) groups excluding carboxylic acids is 1. The Morgan fingerprint density at radius 2 is 2.12 bits per heavy atom. The monoisotopic (exact) mass is 370 g/mol. The Bertz CT molecular complexity index is 982. The minimum Gasteiger partial charge on any atom is -0.454 e. The van der Waals surface area contributed by atoms with E-state index in [9.17, 15) is 4.79 Å². The number of fused-ring (bicyclic) bond motifs is 2. The molecule has 1 aliphatic heterocycles. The lowest BCUT2D eigenvalue weighted by atomic mass is 10.2. The van der Waals surface area contributed by atoms with E-state index in [0.29, 0.717) is 5.75 Å². The van der Waals surface area contributed by atoms with Crippen LogP contribution in [0.5, 0.6) is 11.5 Å². The fraction of sp³-hybridized carbons (Fsp3) is 0.111. The molecule has 0 bridgehead atoms. The van der Waals surface area contributed by atoms with Crippen LogP contribution in [0.4, 0.5) is 5.69 Å². The molecule has 0 fully saturated rings. The Morgan fingerprint density at radius 1 is 1.24 bits per heavy atom. The number of aromatic nitrogens is 1. The van der Waals surface area contributed by atoms with Crippen molar-refractivity contribution < 1.29 is 14.3 Å². The third kappa shape index (κ3) is 3.47. The lowest BCUT2D eigenvalue weighted by Crippen LogP contribution is -2.07. The van der Waals surface area contributed by atoms with Crippen LogP contribution in [-0.4, -0.2) is 23.9 Å². The van der Waals surface area contributed by atoms with Gasteiger partial charge in [0.25, 0.3) is 0 Å². The molecule has 0 saturated heterocycles. The summed E-state index contributed by atoms with van der Waals surface area (Å²) in [6.45, 7) is 0.237. The Kier molecular flexibility index (Phi) is 4.33. The molecule has 1 N–H and O–H groups in total. The molecule has 4 rings (SSSR count). The molecule has 0 atom stereocenters. The Morgan fingerprint density at radius 3 is 3.00 bits per heavy atom. The van der Waals surface area contributed by atoms with Gasteiger partial charge in [-0.15, -0.1) is 11.3 Å². The van der Waals surface area contributed by atoms with Crippen molar-refractivity contribution in [1.29, 1.82) is 0 Å². The highest BCUT2D eigenvalue weighted by Crippen LogP contribution is 2.33. The lowest BCUT2D eigenvalue weighted by molar-refractivity contribution is -0.111. The number of carbonyl (C=O) groups is 1. The number of benzene rings is 2. The molecular weight excluding hydrogens is 356 g/mol. The summed E-state index contributed by atoms with van der Waals surface area (Å²) in [5.74, 6) is 1.23. The van der Waals surface area contributed by atoms with Gasteiger partial charge in [0, 0.05) is 11.8 Å². The van der Waals surface area contributed by atoms with Crippen LogP contribution in [0.1, 0.15) is 5.56 Å². The highest BCUT2D eigenvalue weighted by Gasteiger charge is 2.12. The Labute approximate surface area is 152 Å². The van der Waals surface area contributed by atoms with Gasteiger partial charge in [-0.3, -0.25) is 4.79 Å². The minimum absolute atomic E-state index is 0.188.